The molecule has 5 nitrogen and oxygen atoms in total. The molecule has 0 atom stereocenters. The highest BCUT2D eigenvalue weighted by molar-refractivity contribution is 5.91. The number of benzene rings is 2. The van der Waals surface area contributed by atoms with E-state index in [1.54, 1.807) is 13.2 Å². The fourth-order valence-electron chi connectivity index (χ4n) is 2.53. The van der Waals surface area contributed by atoms with E-state index < -0.39 is 0 Å². The van der Waals surface area contributed by atoms with Crippen molar-refractivity contribution in [3.05, 3.63) is 65.7 Å². The molecule has 0 saturated heterocycles. The summed E-state index contributed by atoms with van der Waals surface area (Å²) >= 11 is 0. The molecule has 1 N–H and O–H groups in total. The van der Waals surface area contributed by atoms with Crippen LogP contribution in [-0.4, -0.2) is 18.2 Å². The first-order valence-corrected chi connectivity index (χ1v) is 8.16. The van der Waals surface area contributed by atoms with Crippen LogP contribution in [0.15, 0.2) is 59.1 Å². The van der Waals surface area contributed by atoms with E-state index >= 15 is 0 Å². The summed E-state index contributed by atoms with van der Waals surface area (Å²) in [7, 11) is 1.60. The van der Waals surface area contributed by atoms with Gasteiger partial charge in [0.05, 0.1) is 13.5 Å². The molecule has 0 radical (unpaired) electrons. The van der Waals surface area contributed by atoms with Gasteiger partial charge < -0.3 is 9.26 Å². The fourth-order valence-corrected chi connectivity index (χ4v) is 2.53. The van der Waals surface area contributed by atoms with Crippen molar-refractivity contribution in [2.45, 2.75) is 19.8 Å². The Morgan fingerprint density at radius 1 is 1.12 bits per heavy atom. The summed E-state index contributed by atoms with van der Waals surface area (Å²) in [5, 5.41) is 6.75. The molecule has 3 rings (SSSR count). The summed E-state index contributed by atoms with van der Waals surface area (Å²) in [5.41, 5.74) is 3.78. The largest absolute Gasteiger partial charge is 0.497 e. The molecule has 3 aromatic rings. The zero-order valence-electron chi connectivity index (χ0n) is 14.3. The number of hydrogen-bond acceptors (Lipinski definition) is 4. The highest BCUT2D eigenvalue weighted by atomic mass is 16.5. The van der Waals surface area contributed by atoms with Gasteiger partial charge in [-0.25, -0.2) is 0 Å². The van der Waals surface area contributed by atoms with Gasteiger partial charge in [-0.1, -0.05) is 48.5 Å². The molecular weight excluding hydrogens is 316 g/mol. The zero-order chi connectivity index (χ0) is 17.6. The maximum atomic E-state index is 12.2. The van der Waals surface area contributed by atoms with Crippen molar-refractivity contribution in [2.24, 2.45) is 0 Å². The Labute approximate surface area is 146 Å². The molecule has 0 spiro atoms. The summed E-state index contributed by atoms with van der Waals surface area (Å²) in [5.74, 6) is 0.891. The summed E-state index contributed by atoms with van der Waals surface area (Å²) in [6.45, 7) is 2.11. The number of nitrogens with zero attached hydrogens (tertiary/aromatic N) is 1. The summed E-state index contributed by atoms with van der Waals surface area (Å²) in [4.78, 5) is 12.2. The molecule has 0 bridgehead atoms. The van der Waals surface area contributed by atoms with E-state index in [9.17, 15) is 4.79 Å². The average Bonchev–Trinajstić information content (AvgIpc) is 3.10. The van der Waals surface area contributed by atoms with Crippen molar-refractivity contribution in [1.29, 1.82) is 0 Å². The molecule has 0 unspecified atom stereocenters. The Bertz CT molecular complexity index is 853. The first-order valence-electron chi connectivity index (χ1n) is 8.16. The molecule has 1 heterocycles. The Hall–Kier alpha value is -3.08. The first kappa shape index (κ1) is 16.8. The number of aryl methyl sites for hydroxylation is 1. The molecule has 1 aromatic heterocycles. The van der Waals surface area contributed by atoms with Crippen molar-refractivity contribution in [3.8, 4) is 17.0 Å². The number of aromatic nitrogens is 1. The number of methoxy groups -OCH3 is 1. The minimum Gasteiger partial charge on any atom is -0.497 e. The molecule has 5 heteroatoms. The van der Waals surface area contributed by atoms with Gasteiger partial charge >= 0.3 is 0 Å². The third kappa shape index (κ3) is 4.26. The molecular formula is C20H20N2O3. The zero-order valence-corrected chi connectivity index (χ0v) is 14.3. The quantitative estimate of drug-likeness (QED) is 0.736. The lowest BCUT2D eigenvalue weighted by molar-refractivity contribution is -0.115. The SMILES string of the molecule is CCc1ccc(-c2cc(NC(=O)Cc3cccc(OC)c3)on2)cc1. The minimum absolute atomic E-state index is 0.169. The van der Waals surface area contributed by atoms with Crippen molar-refractivity contribution in [3.63, 3.8) is 0 Å². The predicted octanol–water partition coefficient (Wildman–Crippen LogP) is 4.09. The van der Waals surface area contributed by atoms with Gasteiger partial charge in [-0.05, 0) is 29.7 Å². The number of amides is 1. The van der Waals surface area contributed by atoms with Crippen LogP contribution in [0.5, 0.6) is 5.75 Å². The van der Waals surface area contributed by atoms with E-state index in [1.165, 1.54) is 5.56 Å². The van der Waals surface area contributed by atoms with Gasteiger partial charge in [-0.2, -0.15) is 0 Å². The van der Waals surface area contributed by atoms with Crippen molar-refractivity contribution < 1.29 is 14.1 Å². The molecule has 0 fully saturated rings. The number of anilines is 1. The standard InChI is InChI=1S/C20H20N2O3/c1-3-14-7-9-16(10-8-14)18-13-20(25-22-18)21-19(23)12-15-5-4-6-17(11-15)24-2/h4-11,13H,3,12H2,1-2H3,(H,21,23). The van der Waals surface area contributed by atoms with E-state index in [0.29, 0.717) is 11.6 Å². The number of carbonyl (C=O) groups excluding carboxylic acids is 1. The van der Waals surface area contributed by atoms with E-state index in [-0.39, 0.29) is 12.3 Å². The molecule has 0 aliphatic rings. The van der Waals surface area contributed by atoms with Crippen LogP contribution >= 0.6 is 0 Å². The van der Waals surface area contributed by atoms with Gasteiger partial charge in [0.15, 0.2) is 0 Å². The third-order valence-electron chi connectivity index (χ3n) is 3.93. The number of carbonyl (C=O) groups is 1. The lowest BCUT2D eigenvalue weighted by Crippen LogP contribution is -2.13. The predicted molar refractivity (Wildman–Crippen MR) is 96.6 cm³/mol. The maximum absolute atomic E-state index is 12.2. The minimum atomic E-state index is -0.169. The fraction of sp³-hybridized carbons (Fsp3) is 0.200. The third-order valence-corrected chi connectivity index (χ3v) is 3.93. The maximum Gasteiger partial charge on any atom is 0.231 e. The van der Waals surface area contributed by atoms with E-state index in [0.717, 1.165) is 23.3 Å². The van der Waals surface area contributed by atoms with Gasteiger partial charge in [0, 0.05) is 11.6 Å². The van der Waals surface area contributed by atoms with Crippen LogP contribution in [0.4, 0.5) is 5.88 Å². The van der Waals surface area contributed by atoms with Crippen LogP contribution in [0.1, 0.15) is 18.1 Å². The Balaban J connectivity index is 1.64. The van der Waals surface area contributed by atoms with E-state index in [2.05, 4.69) is 29.5 Å². The first-order chi connectivity index (χ1) is 12.2. The molecule has 0 aliphatic heterocycles. The highest BCUT2D eigenvalue weighted by Crippen LogP contribution is 2.22. The molecule has 0 saturated carbocycles. The van der Waals surface area contributed by atoms with Crippen LogP contribution in [0.3, 0.4) is 0 Å². The van der Waals surface area contributed by atoms with Crippen LogP contribution in [0.2, 0.25) is 0 Å². The second-order valence-electron chi connectivity index (χ2n) is 5.70. The normalized spacial score (nSPS) is 10.5. The van der Waals surface area contributed by atoms with Crippen LogP contribution in [-0.2, 0) is 17.6 Å². The Morgan fingerprint density at radius 3 is 2.64 bits per heavy atom. The van der Waals surface area contributed by atoms with Crippen molar-refractivity contribution in [1.82, 2.24) is 5.16 Å². The number of nitrogens with one attached hydrogen (secondary N) is 1. The number of hydrogen-bond donors (Lipinski definition) is 1. The summed E-state index contributed by atoms with van der Waals surface area (Å²) in [6.07, 6.45) is 1.23. The summed E-state index contributed by atoms with van der Waals surface area (Å²) < 4.78 is 10.4. The van der Waals surface area contributed by atoms with Gasteiger partial charge in [-0.15, -0.1) is 0 Å². The second kappa shape index (κ2) is 7.66. The summed E-state index contributed by atoms with van der Waals surface area (Å²) in [6, 6.07) is 17.3. The topological polar surface area (TPSA) is 64.4 Å². The Morgan fingerprint density at radius 2 is 1.92 bits per heavy atom. The lowest BCUT2D eigenvalue weighted by atomic mass is 10.1. The van der Waals surface area contributed by atoms with Gasteiger partial charge in [0.25, 0.3) is 0 Å². The average molecular weight is 336 g/mol. The van der Waals surface area contributed by atoms with Gasteiger partial charge in [0.2, 0.25) is 11.8 Å². The lowest BCUT2D eigenvalue weighted by Gasteiger charge is -2.04. The smallest absolute Gasteiger partial charge is 0.231 e. The van der Waals surface area contributed by atoms with E-state index in [1.807, 2.05) is 36.4 Å². The van der Waals surface area contributed by atoms with Crippen LogP contribution in [0.25, 0.3) is 11.3 Å². The second-order valence-corrected chi connectivity index (χ2v) is 5.70. The molecule has 128 valence electrons. The van der Waals surface area contributed by atoms with Crippen molar-refractivity contribution in [2.75, 3.05) is 12.4 Å². The molecule has 2 aromatic carbocycles. The monoisotopic (exact) mass is 336 g/mol. The van der Waals surface area contributed by atoms with Crippen LogP contribution in [0, 0.1) is 0 Å². The molecule has 1 amide bonds. The van der Waals surface area contributed by atoms with Gasteiger partial charge in [-0.3, -0.25) is 10.1 Å². The van der Waals surface area contributed by atoms with Gasteiger partial charge in [0.1, 0.15) is 11.4 Å². The number of ether oxygens (including phenoxy) is 1. The van der Waals surface area contributed by atoms with Crippen LogP contribution < -0.4 is 10.1 Å². The highest BCUT2D eigenvalue weighted by Gasteiger charge is 2.10. The molecule has 0 aliphatic carbocycles. The Kier molecular flexibility index (Phi) is 5.14. The number of rotatable bonds is 6. The van der Waals surface area contributed by atoms with Crippen molar-refractivity contribution >= 4 is 11.8 Å². The molecule has 25 heavy (non-hydrogen) atoms. The van der Waals surface area contributed by atoms with E-state index in [4.69, 9.17) is 9.26 Å².